The van der Waals surface area contributed by atoms with Gasteiger partial charge < -0.3 is 10.2 Å². The van der Waals surface area contributed by atoms with E-state index in [9.17, 15) is 15.0 Å². The van der Waals surface area contributed by atoms with Crippen molar-refractivity contribution in [3.63, 3.8) is 0 Å². The summed E-state index contributed by atoms with van der Waals surface area (Å²) in [6.07, 6.45) is 8.63. The molecule has 0 heterocycles. The molecule has 2 rings (SSSR count). The Hall–Kier alpha value is -0.570. The second-order valence-electron chi connectivity index (χ2n) is 7.71. The van der Waals surface area contributed by atoms with Gasteiger partial charge in [-0.15, -0.1) is 0 Å². The zero-order valence-corrected chi connectivity index (χ0v) is 12.4. The molecule has 2 aliphatic carbocycles. The molecule has 2 fully saturated rings. The van der Waals surface area contributed by atoms with Crippen molar-refractivity contribution < 1.29 is 15.0 Å². The summed E-state index contributed by atoms with van der Waals surface area (Å²) in [5.74, 6) is -0.693. The minimum absolute atomic E-state index is 0.258. The van der Waals surface area contributed by atoms with Crippen LogP contribution in [-0.2, 0) is 4.79 Å². The van der Waals surface area contributed by atoms with Gasteiger partial charge in [0.2, 0.25) is 0 Å². The minimum atomic E-state index is -0.724. The molecule has 3 nitrogen and oxygen atoms in total. The monoisotopic (exact) mass is 268 g/mol. The summed E-state index contributed by atoms with van der Waals surface area (Å²) < 4.78 is 0. The van der Waals surface area contributed by atoms with Gasteiger partial charge in [-0.25, -0.2) is 0 Å². The Morgan fingerprint density at radius 3 is 1.95 bits per heavy atom. The summed E-state index contributed by atoms with van der Waals surface area (Å²) >= 11 is 0. The summed E-state index contributed by atoms with van der Waals surface area (Å²) in [6.45, 7) is 4.43. The van der Waals surface area contributed by atoms with Crippen molar-refractivity contribution >= 4 is 5.97 Å². The van der Waals surface area contributed by atoms with E-state index in [0.29, 0.717) is 6.42 Å². The van der Waals surface area contributed by atoms with Gasteiger partial charge in [0.1, 0.15) is 0 Å². The number of carboxylic acid groups (broad SMARTS) is 1. The highest BCUT2D eigenvalue weighted by molar-refractivity contribution is 5.75. The average Bonchev–Trinajstić information content (AvgIpc) is 2.33. The van der Waals surface area contributed by atoms with E-state index in [2.05, 4.69) is 13.8 Å². The smallest absolute Gasteiger partial charge is 0.309 e. The number of carbonyl (C=O) groups is 1. The second-order valence-corrected chi connectivity index (χ2v) is 7.71. The average molecular weight is 268 g/mol. The maximum absolute atomic E-state index is 11.8. The molecule has 0 radical (unpaired) electrons. The van der Waals surface area contributed by atoms with Crippen LogP contribution in [0.1, 0.15) is 78.1 Å². The lowest BCUT2D eigenvalue weighted by Crippen LogP contribution is -2.45. The molecule has 0 aromatic carbocycles. The first-order valence-corrected chi connectivity index (χ1v) is 7.73. The molecule has 0 aromatic rings. The Morgan fingerprint density at radius 2 is 1.47 bits per heavy atom. The topological polar surface area (TPSA) is 57.5 Å². The molecule has 2 saturated carbocycles. The molecule has 0 amide bonds. The van der Waals surface area contributed by atoms with Crippen molar-refractivity contribution in [2.45, 2.75) is 83.7 Å². The first-order chi connectivity index (χ1) is 8.77. The van der Waals surface area contributed by atoms with Gasteiger partial charge in [0.15, 0.2) is 0 Å². The molecule has 110 valence electrons. The molecule has 0 aromatic heterocycles. The lowest BCUT2D eigenvalue weighted by molar-refractivity contribution is -0.159. The third-order valence-corrected chi connectivity index (χ3v) is 5.47. The van der Waals surface area contributed by atoms with Crippen LogP contribution in [0.4, 0.5) is 0 Å². The van der Waals surface area contributed by atoms with Gasteiger partial charge in [-0.1, -0.05) is 33.1 Å². The van der Waals surface area contributed by atoms with Gasteiger partial charge in [-0.05, 0) is 50.4 Å². The Bertz CT molecular complexity index is 330. The third kappa shape index (κ3) is 3.31. The van der Waals surface area contributed by atoms with Crippen LogP contribution >= 0.6 is 0 Å². The first kappa shape index (κ1) is 14.8. The summed E-state index contributed by atoms with van der Waals surface area (Å²) in [6, 6.07) is 0. The molecule has 0 aliphatic heterocycles. The van der Waals surface area contributed by atoms with Crippen molar-refractivity contribution in [1.29, 1.82) is 0 Å². The van der Waals surface area contributed by atoms with Crippen LogP contribution in [-0.4, -0.2) is 21.8 Å². The van der Waals surface area contributed by atoms with E-state index in [0.717, 1.165) is 51.4 Å². The highest BCUT2D eigenvalue weighted by atomic mass is 16.4. The zero-order valence-electron chi connectivity index (χ0n) is 12.4. The Balaban J connectivity index is 2.10. The molecule has 0 atom stereocenters. The Morgan fingerprint density at radius 1 is 0.947 bits per heavy atom. The Labute approximate surface area is 116 Å². The molecule has 2 aliphatic rings. The predicted octanol–water partition coefficient (Wildman–Crippen LogP) is 3.74. The van der Waals surface area contributed by atoms with Crippen LogP contribution in [0.3, 0.4) is 0 Å². The molecule has 0 unspecified atom stereocenters. The highest BCUT2D eigenvalue weighted by Crippen LogP contribution is 2.50. The van der Waals surface area contributed by atoms with E-state index in [4.69, 9.17) is 0 Å². The number of rotatable bonds is 3. The molecule has 0 saturated heterocycles. The standard InChI is InChI=1S/C16H28O3/c1-14(2)8-10-15(11-9-14,13(17)18)12-16(19)6-4-3-5-7-16/h19H,3-12H2,1-2H3,(H,17,18). The van der Waals surface area contributed by atoms with E-state index in [1.54, 1.807) is 0 Å². The largest absolute Gasteiger partial charge is 0.481 e. The van der Waals surface area contributed by atoms with Gasteiger partial charge in [0, 0.05) is 0 Å². The van der Waals surface area contributed by atoms with Crippen LogP contribution in [0.25, 0.3) is 0 Å². The molecular weight excluding hydrogens is 240 g/mol. The molecule has 3 heteroatoms. The quantitative estimate of drug-likeness (QED) is 0.819. The van der Waals surface area contributed by atoms with Crippen molar-refractivity contribution in [2.24, 2.45) is 10.8 Å². The van der Waals surface area contributed by atoms with Gasteiger partial charge in [-0.3, -0.25) is 4.79 Å². The SMILES string of the molecule is CC1(C)CCC(CC2(O)CCCCC2)(C(=O)O)CC1. The summed E-state index contributed by atoms with van der Waals surface area (Å²) in [4.78, 5) is 11.8. The second kappa shape index (κ2) is 5.08. The summed E-state index contributed by atoms with van der Waals surface area (Å²) in [5, 5.41) is 20.4. The third-order valence-electron chi connectivity index (χ3n) is 5.47. The van der Waals surface area contributed by atoms with Crippen LogP contribution in [0.5, 0.6) is 0 Å². The van der Waals surface area contributed by atoms with E-state index in [-0.39, 0.29) is 5.41 Å². The van der Waals surface area contributed by atoms with E-state index in [1.165, 1.54) is 6.42 Å². The van der Waals surface area contributed by atoms with Crippen LogP contribution in [0.2, 0.25) is 0 Å². The van der Waals surface area contributed by atoms with Crippen LogP contribution in [0, 0.1) is 10.8 Å². The van der Waals surface area contributed by atoms with Gasteiger partial charge >= 0.3 is 5.97 Å². The van der Waals surface area contributed by atoms with Crippen molar-refractivity contribution in [2.75, 3.05) is 0 Å². The van der Waals surface area contributed by atoms with E-state index >= 15 is 0 Å². The van der Waals surface area contributed by atoms with Crippen molar-refractivity contribution in [3.8, 4) is 0 Å². The molecule has 19 heavy (non-hydrogen) atoms. The fourth-order valence-corrected chi connectivity index (χ4v) is 3.89. The number of hydrogen-bond acceptors (Lipinski definition) is 2. The summed E-state index contributed by atoms with van der Waals surface area (Å²) in [5.41, 5.74) is -1.14. The number of aliphatic carboxylic acids is 1. The predicted molar refractivity (Wildman–Crippen MR) is 75.0 cm³/mol. The number of carboxylic acids is 1. The fourth-order valence-electron chi connectivity index (χ4n) is 3.89. The number of aliphatic hydroxyl groups is 1. The maximum atomic E-state index is 11.8. The van der Waals surface area contributed by atoms with E-state index < -0.39 is 17.0 Å². The molecule has 2 N–H and O–H groups in total. The first-order valence-electron chi connectivity index (χ1n) is 7.73. The Kier molecular flexibility index (Phi) is 3.97. The van der Waals surface area contributed by atoms with Gasteiger partial charge in [0.05, 0.1) is 11.0 Å². The van der Waals surface area contributed by atoms with Crippen molar-refractivity contribution in [1.82, 2.24) is 0 Å². The lowest BCUT2D eigenvalue weighted by atomic mass is 9.60. The normalized spacial score (nSPS) is 28.8. The fraction of sp³-hybridized carbons (Fsp3) is 0.938. The van der Waals surface area contributed by atoms with Crippen LogP contribution in [0.15, 0.2) is 0 Å². The maximum Gasteiger partial charge on any atom is 0.309 e. The minimum Gasteiger partial charge on any atom is -0.481 e. The van der Waals surface area contributed by atoms with Crippen LogP contribution < -0.4 is 0 Å². The lowest BCUT2D eigenvalue weighted by Gasteiger charge is -2.45. The molecular formula is C16H28O3. The molecule has 0 bridgehead atoms. The number of hydrogen-bond donors (Lipinski definition) is 2. The van der Waals surface area contributed by atoms with Gasteiger partial charge in [0.25, 0.3) is 0 Å². The summed E-state index contributed by atoms with van der Waals surface area (Å²) in [7, 11) is 0. The highest BCUT2D eigenvalue weighted by Gasteiger charge is 2.48. The van der Waals surface area contributed by atoms with Gasteiger partial charge in [-0.2, -0.15) is 0 Å². The molecule has 0 spiro atoms. The van der Waals surface area contributed by atoms with Crippen molar-refractivity contribution in [3.05, 3.63) is 0 Å². The zero-order chi connectivity index (χ0) is 14.1. The van der Waals surface area contributed by atoms with E-state index in [1.807, 2.05) is 0 Å².